The topological polar surface area (TPSA) is 104 Å². The summed E-state index contributed by atoms with van der Waals surface area (Å²) in [4.78, 5) is 38.7. The molecule has 0 aromatic heterocycles. The summed E-state index contributed by atoms with van der Waals surface area (Å²) < 4.78 is 0. The third-order valence-electron chi connectivity index (χ3n) is 5.22. The van der Waals surface area contributed by atoms with Gasteiger partial charge in [0.1, 0.15) is 12.1 Å². The van der Waals surface area contributed by atoms with Crippen LogP contribution < -0.4 is 5.73 Å². The maximum Gasteiger partial charge on any atom is 0.408 e. The molecule has 0 spiro atoms. The van der Waals surface area contributed by atoms with Gasteiger partial charge in [0, 0.05) is 12.6 Å². The lowest BCUT2D eigenvalue weighted by atomic mass is 9.74. The number of rotatable bonds is 2. The average Bonchev–Trinajstić information content (AvgIpc) is 2.96. The van der Waals surface area contributed by atoms with Crippen LogP contribution in [0.5, 0.6) is 0 Å². The van der Waals surface area contributed by atoms with Crippen molar-refractivity contribution in [1.82, 2.24) is 9.80 Å². The lowest BCUT2D eigenvalue weighted by Crippen LogP contribution is -2.63. The molecule has 4 fully saturated rings. The van der Waals surface area contributed by atoms with Gasteiger partial charge in [-0.25, -0.2) is 4.79 Å². The van der Waals surface area contributed by atoms with Crippen molar-refractivity contribution in [3.05, 3.63) is 0 Å². The number of fused-ring (bicyclic) bond motifs is 3. The Morgan fingerprint density at radius 2 is 1.71 bits per heavy atom. The molecule has 3 saturated heterocycles. The Kier molecular flexibility index (Phi) is 3.51. The fourth-order valence-corrected chi connectivity index (χ4v) is 4.24. The maximum absolute atomic E-state index is 12.8. The second-order valence-corrected chi connectivity index (χ2v) is 6.30. The van der Waals surface area contributed by atoms with E-state index >= 15 is 0 Å². The van der Waals surface area contributed by atoms with Crippen molar-refractivity contribution >= 4 is 17.9 Å². The Bertz CT molecular complexity index is 473. The number of carbonyl (C=O) groups excluding carboxylic acids is 2. The number of piperidine rings is 2. The van der Waals surface area contributed by atoms with E-state index in [4.69, 9.17) is 5.73 Å². The van der Waals surface area contributed by atoms with Crippen molar-refractivity contribution in [3.8, 4) is 0 Å². The van der Waals surface area contributed by atoms with Crippen LogP contribution in [0.1, 0.15) is 38.5 Å². The van der Waals surface area contributed by atoms with Crippen LogP contribution in [0.25, 0.3) is 0 Å². The molecule has 3 amide bonds. The molecule has 2 atom stereocenters. The molecule has 3 heterocycles. The highest BCUT2D eigenvalue weighted by atomic mass is 16.4. The fourth-order valence-electron chi connectivity index (χ4n) is 4.24. The highest BCUT2D eigenvalue weighted by Crippen LogP contribution is 2.41. The zero-order valence-corrected chi connectivity index (χ0v) is 11.9. The van der Waals surface area contributed by atoms with Crippen LogP contribution in [0, 0.1) is 5.92 Å². The Hall–Kier alpha value is -1.79. The molecule has 1 saturated carbocycles. The van der Waals surface area contributed by atoms with Crippen LogP contribution in [0.4, 0.5) is 4.79 Å². The minimum Gasteiger partial charge on any atom is -0.465 e. The lowest BCUT2D eigenvalue weighted by molar-refractivity contribution is -0.147. The van der Waals surface area contributed by atoms with Gasteiger partial charge in [-0.15, -0.1) is 0 Å². The Labute approximate surface area is 123 Å². The molecule has 0 aromatic carbocycles. The van der Waals surface area contributed by atoms with Gasteiger partial charge >= 0.3 is 6.09 Å². The van der Waals surface area contributed by atoms with E-state index in [0.29, 0.717) is 13.0 Å². The van der Waals surface area contributed by atoms with Crippen LogP contribution in [-0.2, 0) is 9.59 Å². The molecule has 116 valence electrons. The number of amides is 3. The van der Waals surface area contributed by atoms with E-state index in [1.165, 1.54) is 9.80 Å². The lowest BCUT2D eigenvalue weighted by Gasteiger charge is -2.50. The summed E-state index contributed by atoms with van der Waals surface area (Å²) in [5.74, 6) is -0.649. The molecule has 4 rings (SSSR count). The zero-order chi connectivity index (χ0) is 15.1. The Morgan fingerprint density at radius 3 is 2.29 bits per heavy atom. The molecule has 3 N–H and O–H groups in total. The first-order valence-corrected chi connectivity index (χ1v) is 7.61. The van der Waals surface area contributed by atoms with E-state index in [1.54, 1.807) is 0 Å². The second kappa shape index (κ2) is 5.20. The number of likely N-dealkylation sites (tertiary alicyclic amines) is 1. The van der Waals surface area contributed by atoms with E-state index in [2.05, 4.69) is 0 Å². The van der Waals surface area contributed by atoms with Gasteiger partial charge in [-0.1, -0.05) is 0 Å². The van der Waals surface area contributed by atoms with Crippen LogP contribution in [0.2, 0.25) is 0 Å². The van der Waals surface area contributed by atoms with Gasteiger partial charge in [-0.3, -0.25) is 14.5 Å². The Balaban J connectivity index is 1.85. The second-order valence-electron chi connectivity index (χ2n) is 6.30. The minimum absolute atomic E-state index is 0.0592. The van der Waals surface area contributed by atoms with E-state index in [9.17, 15) is 19.5 Å². The molecular formula is C14H21N3O4. The number of carbonyl (C=O) groups is 3. The average molecular weight is 295 g/mol. The highest BCUT2D eigenvalue weighted by molar-refractivity contribution is 5.91. The van der Waals surface area contributed by atoms with Gasteiger partial charge in [-0.05, 0) is 44.4 Å². The normalized spacial score (nSPS) is 35.0. The van der Waals surface area contributed by atoms with Crippen molar-refractivity contribution in [3.63, 3.8) is 0 Å². The molecule has 7 nitrogen and oxygen atoms in total. The van der Waals surface area contributed by atoms with Crippen molar-refractivity contribution in [2.45, 2.75) is 56.7 Å². The molecule has 21 heavy (non-hydrogen) atoms. The van der Waals surface area contributed by atoms with Gasteiger partial charge in [0.2, 0.25) is 11.8 Å². The van der Waals surface area contributed by atoms with Crippen LogP contribution in [-0.4, -0.2) is 57.5 Å². The fraction of sp³-hybridized carbons (Fsp3) is 0.786. The van der Waals surface area contributed by atoms with E-state index in [1.807, 2.05) is 0 Å². The summed E-state index contributed by atoms with van der Waals surface area (Å²) in [6.45, 7) is 0.494. The van der Waals surface area contributed by atoms with Gasteiger partial charge < -0.3 is 15.7 Å². The minimum atomic E-state index is -1.03. The van der Waals surface area contributed by atoms with E-state index in [0.717, 1.165) is 32.1 Å². The Morgan fingerprint density at radius 1 is 1.05 bits per heavy atom. The predicted molar refractivity (Wildman–Crippen MR) is 73.3 cm³/mol. The first kappa shape index (κ1) is 14.2. The largest absolute Gasteiger partial charge is 0.465 e. The van der Waals surface area contributed by atoms with Crippen LogP contribution >= 0.6 is 0 Å². The molecule has 0 aromatic rings. The number of hydrogen-bond donors (Lipinski definition) is 2. The van der Waals surface area contributed by atoms with Gasteiger partial charge in [0.05, 0.1) is 0 Å². The molecule has 3 aliphatic heterocycles. The maximum atomic E-state index is 12.8. The van der Waals surface area contributed by atoms with Crippen molar-refractivity contribution in [2.75, 3.05) is 6.54 Å². The summed E-state index contributed by atoms with van der Waals surface area (Å²) in [5, 5.41) is 9.46. The molecular weight excluding hydrogens is 274 g/mol. The number of nitrogens with two attached hydrogens (primary N) is 1. The van der Waals surface area contributed by atoms with Gasteiger partial charge in [0.25, 0.3) is 0 Å². The zero-order valence-electron chi connectivity index (χ0n) is 11.9. The number of nitrogens with zero attached hydrogens (tertiary/aromatic N) is 2. The SMILES string of the molecule is NC(=O)[C@@H]1CCCN1C(=O)[C@@H]1C2CCC(CC2)N1C(=O)O. The summed E-state index contributed by atoms with van der Waals surface area (Å²) >= 11 is 0. The summed E-state index contributed by atoms with van der Waals surface area (Å²) in [5.41, 5.74) is 5.36. The molecule has 0 unspecified atom stereocenters. The van der Waals surface area contributed by atoms with Crippen molar-refractivity contribution in [2.24, 2.45) is 11.7 Å². The molecule has 7 heteroatoms. The summed E-state index contributed by atoms with van der Waals surface area (Å²) in [6, 6.07) is -1.26. The third kappa shape index (κ3) is 2.24. The van der Waals surface area contributed by atoms with E-state index < -0.39 is 24.1 Å². The molecule has 4 aliphatic rings. The summed E-state index contributed by atoms with van der Waals surface area (Å²) in [7, 11) is 0. The molecule has 1 aliphatic carbocycles. The van der Waals surface area contributed by atoms with Gasteiger partial charge in [0.15, 0.2) is 0 Å². The number of carboxylic acid groups (broad SMARTS) is 1. The predicted octanol–water partition coefficient (Wildman–Crippen LogP) is 0.384. The number of hydrogen-bond acceptors (Lipinski definition) is 3. The van der Waals surface area contributed by atoms with Crippen molar-refractivity contribution in [1.29, 1.82) is 0 Å². The quantitative estimate of drug-likeness (QED) is 0.768. The number of primary amides is 1. The smallest absolute Gasteiger partial charge is 0.408 e. The van der Waals surface area contributed by atoms with Crippen molar-refractivity contribution < 1.29 is 19.5 Å². The van der Waals surface area contributed by atoms with Crippen LogP contribution in [0.3, 0.4) is 0 Å². The monoisotopic (exact) mass is 295 g/mol. The third-order valence-corrected chi connectivity index (χ3v) is 5.22. The van der Waals surface area contributed by atoms with Gasteiger partial charge in [-0.2, -0.15) is 0 Å². The first-order chi connectivity index (χ1) is 10.0. The van der Waals surface area contributed by atoms with Crippen LogP contribution in [0.15, 0.2) is 0 Å². The standard InChI is InChI=1S/C14H21N3O4/c15-12(18)10-2-1-7-16(10)13(19)11-8-3-5-9(6-4-8)17(11)14(20)21/h8-11H,1-7H2,(H2,15,18)(H,20,21)/t8?,9?,10-,11-/m0/s1. The molecule has 2 bridgehead atoms. The first-order valence-electron chi connectivity index (χ1n) is 7.61. The highest BCUT2D eigenvalue weighted by Gasteiger charge is 2.50. The molecule has 0 radical (unpaired) electrons. The summed E-state index contributed by atoms with van der Waals surface area (Å²) in [6.07, 6.45) is 3.74. The van der Waals surface area contributed by atoms with E-state index in [-0.39, 0.29) is 17.9 Å².